The van der Waals surface area contributed by atoms with Gasteiger partial charge in [-0.15, -0.1) is 10.2 Å². The van der Waals surface area contributed by atoms with Gasteiger partial charge in [-0.1, -0.05) is 23.2 Å². The molecule has 2 N–H and O–H groups in total. The normalized spacial score (nSPS) is 19.4. The molecule has 1 aromatic rings. The molecular formula is C10H14Cl2N4. The summed E-state index contributed by atoms with van der Waals surface area (Å²) < 4.78 is 0. The van der Waals surface area contributed by atoms with Crippen molar-refractivity contribution in [1.82, 2.24) is 15.5 Å². The fourth-order valence-electron chi connectivity index (χ4n) is 1.87. The molecule has 16 heavy (non-hydrogen) atoms. The Hall–Kier alpha value is -0.580. The summed E-state index contributed by atoms with van der Waals surface area (Å²) in [7, 11) is 0. The first-order valence-corrected chi connectivity index (χ1v) is 6.02. The van der Waals surface area contributed by atoms with E-state index >= 15 is 0 Å². The lowest BCUT2D eigenvalue weighted by Gasteiger charge is -2.36. The zero-order chi connectivity index (χ0) is 11.6. The van der Waals surface area contributed by atoms with Crippen molar-refractivity contribution in [3.05, 3.63) is 16.4 Å². The van der Waals surface area contributed by atoms with Crippen molar-refractivity contribution < 1.29 is 0 Å². The Kier molecular flexibility index (Phi) is 3.52. The summed E-state index contributed by atoms with van der Waals surface area (Å²) in [5.74, 6) is 0. The van der Waals surface area contributed by atoms with Crippen molar-refractivity contribution in [3.8, 4) is 0 Å². The summed E-state index contributed by atoms with van der Waals surface area (Å²) in [5.41, 5.74) is 0.799. The average Bonchev–Trinajstić information content (AvgIpc) is 2.24. The third kappa shape index (κ3) is 2.75. The van der Waals surface area contributed by atoms with E-state index in [1.165, 1.54) is 0 Å². The molecule has 0 aliphatic carbocycles. The van der Waals surface area contributed by atoms with Gasteiger partial charge in [0.1, 0.15) is 0 Å². The first-order valence-electron chi connectivity index (χ1n) is 5.27. The summed E-state index contributed by atoms with van der Waals surface area (Å²) in [6, 6.07) is 1.71. The molecule has 2 rings (SSSR count). The van der Waals surface area contributed by atoms with E-state index in [1.54, 1.807) is 6.07 Å². The van der Waals surface area contributed by atoms with E-state index in [2.05, 4.69) is 27.8 Å². The van der Waals surface area contributed by atoms with E-state index < -0.39 is 0 Å². The van der Waals surface area contributed by atoms with Crippen molar-refractivity contribution in [3.63, 3.8) is 0 Å². The first-order chi connectivity index (χ1) is 7.59. The largest absolute Gasteiger partial charge is 0.377 e. The van der Waals surface area contributed by atoms with Gasteiger partial charge in [0, 0.05) is 11.6 Å². The second-order valence-electron chi connectivity index (χ2n) is 4.31. The van der Waals surface area contributed by atoms with Crippen LogP contribution in [0.2, 0.25) is 10.3 Å². The van der Waals surface area contributed by atoms with Gasteiger partial charge in [0.05, 0.1) is 5.69 Å². The Morgan fingerprint density at radius 2 is 2.00 bits per heavy atom. The molecule has 1 aliphatic rings. The van der Waals surface area contributed by atoms with E-state index in [-0.39, 0.29) is 5.54 Å². The quantitative estimate of drug-likeness (QED) is 0.857. The highest BCUT2D eigenvalue weighted by atomic mass is 35.5. The van der Waals surface area contributed by atoms with Crippen LogP contribution in [0.3, 0.4) is 0 Å². The predicted molar refractivity (Wildman–Crippen MR) is 66.2 cm³/mol. The summed E-state index contributed by atoms with van der Waals surface area (Å²) in [6.07, 6.45) is 2.09. The predicted octanol–water partition coefficient (Wildman–Crippen LogP) is 2.34. The van der Waals surface area contributed by atoms with Crippen molar-refractivity contribution in [2.24, 2.45) is 0 Å². The molecule has 0 aromatic carbocycles. The molecular weight excluding hydrogens is 247 g/mol. The molecule has 6 heteroatoms. The third-order valence-electron chi connectivity index (χ3n) is 2.86. The maximum absolute atomic E-state index is 5.97. The number of aromatic nitrogens is 2. The van der Waals surface area contributed by atoms with Crippen LogP contribution in [0.5, 0.6) is 0 Å². The van der Waals surface area contributed by atoms with Crippen molar-refractivity contribution in [2.75, 3.05) is 18.4 Å². The van der Waals surface area contributed by atoms with E-state index in [4.69, 9.17) is 23.2 Å². The van der Waals surface area contributed by atoms with E-state index in [0.717, 1.165) is 31.6 Å². The first kappa shape index (κ1) is 11.9. The number of nitrogens with one attached hydrogen (secondary N) is 2. The van der Waals surface area contributed by atoms with Crippen LogP contribution in [-0.4, -0.2) is 28.8 Å². The smallest absolute Gasteiger partial charge is 0.174 e. The van der Waals surface area contributed by atoms with Gasteiger partial charge in [-0.05, 0) is 32.9 Å². The number of nitrogens with zero attached hydrogens (tertiary/aromatic N) is 2. The molecule has 0 saturated carbocycles. The molecule has 0 amide bonds. The summed E-state index contributed by atoms with van der Waals surface area (Å²) >= 11 is 11.8. The lowest BCUT2D eigenvalue weighted by Crippen LogP contribution is -2.45. The lowest BCUT2D eigenvalue weighted by atomic mass is 9.90. The molecule has 0 atom stereocenters. The monoisotopic (exact) mass is 260 g/mol. The van der Waals surface area contributed by atoms with Gasteiger partial charge in [-0.2, -0.15) is 0 Å². The summed E-state index contributed by atoms with van der Waals surface area (Å²) in [4.78, 5) is 0. The number of halogens is 2. The average molecular weight is 261 g/mol. The minimum atomic E-state index is 0.0429. The number of hydrogen-bond acceptors (Lipinski definition) is 4. The van der Waals surface area contributed by atoms with E-state index in [0.29, 0.717) is 10.3 Å². The van der Waals surface area contributed by atoms with Gasteiger partial charge < -0.3 is 10.6 Å². The van der Waals surface area contributed by atoms with Crippen molar-refractivity contribution >= 4 is 28.9 Å². The Morgan fingerprint density at radius 1 is 1.31 bits per heavy atom. The molecule has 1 saturated heterocycles. The minimum Gasteiger partial charge on any atom is -0.377 e. The van der Waals surface area contributed by atoms with E-state index in [9.17, 15) is 0 Å². The third-order valence-corrected chi connectivity index (χ3v) is 3.33. The lowest BCUT2D eigenvalue weighted by molar-refractivity contribution is 0.365. The second-order valence-corrected chi connectivity index (χ2v) is 5.05. The molecule has 1 aromatic heterocycles. The molecule has 1 fully saturated rings. The van der Waals surface area contributed by atoms with Crippen LogP contribution in [0.4, 0.5) is 5.69 Å². The van der Waals surface area contributed by atoms with Crippen LogP contribution in [0.25, 0.3) is 0 Å². The molecule has 2 heterocycles. The molecule has 4 nitrogen and oxygen atoms in total. The second kappa shape index (κ2) is 4.73. The standard InChI is InChI=1S/C10H14Cl2N4/c1-10(2-4-13-5-3-10)14-7-6-8(11)15-16-9(7)12/h6,13H,2-5H2,1H3,(H,14,15). The van der Waals surface area contributed by atoms with Gasteiger partial charge in [0.25, 0.3) is 0 Å². The molecule has 0 spiro atoms. The molecule has 1 aliphatic heterocycles. The zero-order valence-electron chi connectivity index (χ0n) is 9.06. The van der Waals surface area contributed by atoms with Gasteiger partial charge in [0.15, 0.2) is 10.3 Å². The Balaban J connectivity index is 2.15. The van der Waals surface area contributed by atoms with Crippen molar-refractivity contribution in [1.29, 1.82) is 0 Å². The molecule has 0 unspecified atom stereocenters. The summed E-state index contributed by atoms with van der Waals surface area (Å²) in [5, 5.41) is 14.9. The Bertz CT molecular complexity index is 377. The highest BCUT2D eigenvalue weighted by molar-refractivity contribution is 6.33. The Morgan fingerprint density at radius 3 is 2.69 bits per heavy atom. The van der Waals surface area contributed by atoms with Crippen LogP contribution in [0.1, 0.15) is 19.8 Å². The fourth-order valence-corrected chi connectivity index (χ4v) is 2.16. The summed E-state index contributed by atoms with van der Waals surface area (Å²) in [6.45, 7) is 4.19. The van der Waals surface area contributed by atoms with Gasteiger partial charge in [-0.3, -0.25) is 0 Å². The SMILES string of the molecule is CC1(Nc2cc(Cl)nnc2Cl)CCNCC1. The van der Waals surface area contributed by atoms with Crippen LogP contribution in [0.15, 0.2) is 6.07 Å². The molecule has 0 radical (unpaired) electrons. The van der Waals surface area contributed by atoms with E-state index in [1.807, 2.05) is 0 Å². The minimum absolute atomic E-state index is 0.0429. The van der Waals surface area contributed by atoms with Crippen LogP contribution < -0.4 is 10.6 Å². The number of piperidine rings is 1. The van der Waals surface area contributed by atoms with Gasteiger partial charge in [-0.25, -0.2) is 0 Å². The number of rotatable bonds is 2. The fraction of sp³-hybridized carbons (Fsp3) is 0.600. The molecule has 0 bridgehead atoms. The number of hydrogen-bond donors (Lipinski definition) is 2. The van der Waals surface area contributed by atoms with Crippen LogP contribution >= 0.6 is 23.2 Å². The maximum Gasteiger partial charge on any atom is 0.174 e. The molecule has 88 valence electrons. The van der Waals surface area contributed by atoms with Gasteiger partial charge in [0.2, 0.25) is 0 Å². The van der Waals surface area contributed by atoms with Crippen molar-refractivity contribution in [2.45, 2.75) is 25.3 Å². The maximum atomic E-state index is 5.97. The Labute approximate surface area is 105 Å². The zero-order valence-corrected chi connectivity index (χ0v) is 10.6. The highest BCUT2D eigenvalue weighted by Gasteiger charge is 2.27. The number of anilines is 1. The highest BCUT2D eigenvalue weighted by Crippen LogP contribution is 2.28. The van der Waals surface area contributed by atoms with Crippen LogP contribution in [-0.2, 0) is 0 Å². The topological polar surface area (TPSA) is 49.8 Å². The van der Waals surface area contributed by atoms with Crippen LogP contribution in [0, 0.1) is 0 Å². The van der Waals surface area contributed by atoms with Gasteiger partial charge >= 0.3 is 0 Å².